The lowest BCUT2D eigenvalue weighted by Gasteiger charge is -2.13. The van der Waals surface area contributed by atoms with Crippen LogP contribution in [-0.2, 0) is 2.84 Å². The minimum Gasteiger partial charge on any atom is -0.626 e. The largest absolute Gasteiger partial charge is 0.743 e. The van der Waals surface area contributed by atoms with Gasteiger partial charge in [0.2, 0.25) is 0 Å². The highest BCUT2D eigenvalue weighted by Crippen LogP contribution is 2.27. The fourth-order valence-corrected chi connectivity index (χ4v) is 4.70. The van der Waals surface area contributed by atoms with E-state index >= 15 is 0 Å². The Hall–Kier alpha value is -2.12. The number of para-hydroxylation sites is 2. The molecular formula is C22H20Al2N2O3. The summed E-state index contributed by atoms with van der Waals surface area (Å²) in [4.78, 5) is 9.27. The van der Waals surface area contributed by atoms with Gasteiger partial charge in [0.25, 0.3) is 0 Å². The first-order valence-electron chi connectivity index (χ1n) is 9.39. The average molecular weight is 414 g/mol. The molecule has 2 aromatic heterocycles. The van der Waals surface area contributed by atoms with Crippen molar-refractivity contribution in [1.29, 1.82) is 0 Å². The van der Waals surface area contributed by atoms with Crippen LogP contribution in [0.1, 0.15) is 22.5 Å². The van der Waals surface area contributed by atoms with Gasteiger partial charge in [-0.3, -0.25) is 0 Å². The minimum absolute atomic E-state index is 0.695. The van der Waals surface area contributed by atoms with Crippen molar-refractivity contribution in [2.24, 2.45) is 0 Å². The van der Waals surface area contributed by atoms with Crippen LogP contribution in [0.5, 0.6) is 11.5 Å². The fourth-order valence-electron chi connectivity index (χ4n) is 3.48. The molecule has 0 saturated heterocycles. The second-order valence-corrected chi connectivity index (χ2v) is 8.97. The molecule has 0 aliphatic carbocycles. The van der Waals surface area contributed by atoms with Crippen LogP contribution in [0.2, 0.25) is 0 Å². The molecule has 0 bridgehead atoms. The first-order chi connectivity index (χ1) is 14.0. The molecule has 4 rings (SSSR count). The number of hydrogen-bond donors (Lipinski definition) is 0. The predicted octanol–water partition coefficient (Wildman–Crippen LogP) is 4.56. The molecule has 0 atom stereocenters. The second kappa shape index (κ2) is 8.72. The van der Waals surface area contributed by atoms with E-state index in [4.69, 9.17) is 10.4 Å². The molecule has 0 spiro atoms. The fraction of sp³-hybridized carbons (Fsp3) is 0.182. The molecule has 0 aliphatic heterocycles. The molecule has 2 radical (unpaired) electrons. The Morgan fingerprint density at radius 3 is 1.55 bits per heavy atom. The third-order valence-electron chi connectivity index (χ3n) is 4.74. The van der Waals surface area contributed by atoms with Crippen molar-refractivity contribution < 1.29 is 10.4 Å². The van der Waals surface area contributed by atoms with E-state index < -0.39 is 31.8 Å². The van der Waals surface area contributed by atoms with Gasteiger partial charge < -0.3 is 10.4 Å². The quantitative estimate of drug-likeness (QED) is 0.342. The summed E-state index contributed by atoms with van der Waals surface area (Å²) < 4.78 is 17.6. The lowest BCUT2D eigenvalue weighted by Crippen LogP contribution is -2.16. The molecule has 0 aliphatic rings. The zero-order valence-electron chi connectivity index (χ0n) is 16.9. The van der Waals surface area contributed by atoms with E-state index in [1.165, 1.54) is 11.1 Å². The molecule has 0 fully saturated rings. The van der Waals surface area contributed by atoms with Gasteiger partial charge in [-0.05, 0) is 63.1 Å². The minimum atomic E-state index is -0.695. The van der Waals surface area contributed by atoms with E-state index in [9.17, 15) is 0 Å². The van der Waals surface area contributed by atoms with Crippen molar-refractivity contribution in [3.63, 3.8) is 0 Å². The van der Waals surface area contributed by atoms with Crippen molar-refractivity contribution in [2.45, 2.75) is 27.7 Å². The predicted molar refractivity (Wildman–Crippen MR) is 116 cm³/mol. The molecule has 4 aromatic rings. The lowest BCUT2D eigenvalue weighted by atomic mass is 10.1. The van der Waals surface area contributed by atoms with E-state index in [1.54, 1.807) is 0 Å². The van der Waals surface area contributed by atoms with Gasteiger partial charge in [0, 0.05) is 22.2 Å². The summed E-state index contributed by atoms with van der Waals surface area (Å²) in [6.07, 6.45) is 0. The number of fused-ring (bicyclic) bond motifs is 2. The Balaban J connectivity index is 1.41. The standard InChI is InChI=1S/2C11H11NO.2Al.O/c2*1-7-6-8(2)12-11-9(7)4-3-5-10(11)13;;;/h2*3-6,13H,1-2H3;;;/q;;2*+1;/p-2. The Morgan fingerprint density at radius 2 is 1.10 bits per heavy atom. The van der Waals surface area contributed by atoms with Crippen LogP contribution in [0.15, 0.2) is 48.5 Å². The van der Waals surface area contributed by atoms with Crippen LogP contribution in [0.25, 0.3) is 21.8 Å². The zero-order valence-corrected chi connectivity index (χ0v) is 19.2. The molecule has 0 unspecified atom stereocenters. The highest BCUT2D eigenvalue weighted by molar-refractivity contribution is 6.35. The number of pyridine rings is 2. The molecular weight excluding hydrogens is 394 g/mol. The van der Waals surface area contributed by atoms with E-state index in [0.29, 0.717) is 0 Å². The van der Waals surface area contributed by atoms with Gasteiger partial charge in [0.15, 0.2) is 0 Å². The van der Waals surface area contributed by atoms with Gasteiger partial charge in [-0.1, -0.05) is 24.3 Å². The van der Waals surface area contributed by atoms with Crippen LogP contribution in [0, 0.1) is 27.7 Å². The van der Waals surface area contributed by atoms with Crippen molar-refractivity contribution in [3.05, 3.63) is 71.0 Å². The van der Waals surface area contributed by atoms with Crippen LogP contribution < -0.4 is 7.58 Å². The second-order valence-electron chi connectivity index (χ2n) is 7.03. The van der Waals surface area contributed by atoms with Gasteiger partial charge in [-0.2, -0.15) is 0 Å². The van der Waals surface area contributed by atoms with Crippen molar-refractivity contribution in [3.8, 4) is 11.5 Å². The lowest BCUT2D eigenvalue weighted by molar-refractivity contribution is 0.420. The third-order valence-corrected chi connectivity index (χ3v) is 6.33. The van der Waals surface area contributed by atoms with Crippen LogP contribution >= 0.6 is 0 Å². The average Bonchev–Trinajstić information content (AvgIpc) is 2.68. The summed E-state index contributed by atoms with van der Waals surface area (Å²) in [5.41, 5.74) is 6.09. The molecule has 7 heteroatoms. The molecule has 5 nitrogen and oxygen atoms in total. The van der Waals surface area contributed by atoms with Crippen LogP contribution in [-0.4, -0.2) is 41.7 Å². The van der Waals surface area contributed by atoms with Gasteiger partial charge in [-0.25, -0.2) is 9.97 Å². The molecule has 2 aromatic carbocycles. The van der Waals surface area contributed by atoms with Gasteiger partial charge >= 0.3 is 31.8 Å². The number of nitrogens with zero attached hydrogens (tertiary/aromatic N) is 2. The Labute approximate surface area is 183 Å². The maximum atomic E-state index is 5.92. The number of aromatic nitrogens is 2. The van der Waals surface area contributed by atoms with Crippen LogP contribution in [0.3, 0.4) is 0 Å². The maximum Gasteiger partial charge on any atom is 0.743 e. The van der Waals surface area contributed by atoms with E-state index in [0.717, 1.165) is 44.7 Å². The van der Waals surface area contributed by atoms with Gasteiger partial charge in [0.1, 0.15) is 22.5 Å². The highest BCUT2D eigenvalue weighted by Gasteiger charge is 2.13. The zero-order chi connectivity index (χ0) is 20.4. The molecule has 142 valence electrons. The monoisotopic (exact) mass is 414 g/mol. The number of benzene rings is 2. The SMILES string of the molecule is Cc1cc(C)c2cccc([O][Al][O][Al][O]c3cccc4c(C)cc(C)nc34)c2n1. The van der Waals surface area contributed by atoms with Crippen molar-refractivity contribution >= 4 is 53.6 Å². The highest BCUT2D eigenvalue weighted by atomic mass is 27.3. The Morgan fingerprint density at radius 1 is 0.655 bits per heavy atom. The third kappa shape index (κ3) is 4.41. The molecule has 0 amide bonds. The smallest absolute Gasteiger partial charge is 0.626 e. The van der Waals surface area contributed by atoms with Gasteiger partial charge in [0.05, 0.1) is 0 Å². The molecule has 0 N–H and O–H groups in total. The summed E-state index contributed by atoms with van der Waals surface area (Å²) in [5, 5.41) is 2.20. The van der Waals surface area contributed by atoms with Crippen molar-refractivity contribution in [1.82, 2.24) is 9.97 Å². The molecule has 0 saturated carbocycles. The summed E-state index contributed by atoms with van der Waals surface area (Å²) in [7, 11) is 0. The van der Waals surface area contributed by atoms with E-state index in [2.05, 4.69) is 48.1 Å². The van der Waals surface area contributed by atoms with Crippen molar-refractivity contribution in [2.75, 3.05) is 0 Å². The number of hydrogen-bond acceptors (Lipinski definition) is 5. The first-order valence-corrected chi connectivity index (χ1v) is 11.3. The molecule has 2 heterocycles. The number of rotatable bonds is 6. The first kappa shape index (κ1) is 20.2. The summed E-state index contributed by atoms with van der Waals surface area (Å²) in [5.74, 6) is 1.50. The maximum absolute atomic E-state index is 5.92. The summed E-state index contributed by atoms with van der Waals surface area (Å²) >= 11 is -1.39. The normalized spacial score (nSPS) is 10.9. The topological polar surface area (TPSA) is 53.5 Å². The van der Waals surface area contributed by atoms with Crippen LogP contribution in [0.4, 0.5) is 0 Å². The summed E-state index contributed by atoms with van der Waals surface area (Å²) in [6.45, 7) is 8.16. The molecule has 29 heavy (non-hydrogen) atoms. The summed E-state index contributed by atoms with van der Waals surface area (Å²) in [6, 6.07) is 16.1. The number of aryl methyl sites for hydroxylation is 4. The van der Waals surface area contributed by atoms with E-state index in [-0.39, 0.29) is 0 Å². The Kier molecular flexibility index (Phi) is 6.06. The van der Waals surface area contributed by atoms with Gasteiger partial charge in [-0.15, -0.1) is 0 Å². The van der Waals surface area contributed by atoms with E-state index in [1.807, 2.05) is 38.1 Å². The Bertz CT molecular complexity index is 1100.